The third-order valence-corrected chi connectivity index (χ3v) is 4.88. The summed E-state index contributed by atoms with van der Waals surface area (Å²) in [5.74, 6) is -0.659. The summed E-state index contributed by atoms with van der Waals surface area (Å²) in [6, 6.07) is 8.05. The highest BCUT2D eigenvalue weighted by Gasteiger charge is 2.21. The van der Waals surface area contributed by atoms with E-state index in [9.17, 15) is 14.3 Å². The fourth-order valence-corrected chi connectivity index (χ4v) is 3.61. The zero-order chi connectivity index (χ0) is 16.4. The lowest BCUT2D eigenvalue weighted by atomic mass is 9.89. The van der Waals surface area contributed by atoms with Crippen molar-refractivity contribution in [2.24, 2.45) is 5.92 Å². The fourth-order valence-electron chi connectivity index (χ4n) is 3.61. The van der Waals surface area contributed by atoms with Crippen molar-refractivity contribution in [3.8, 4) is 11.3 Å². The summed E-state index contributed by atoms with van der Waals surface area (Å²) in [6.07, 6.45) is 6.14. The van der Waals surface area contributed by atoms with Gasteiger partial charge in [0.1, 0.15) is 5.82 Å². The van der Waals surface area contributed by atoms with Crippen molar-refractivity contribution in [3.05, 3.63) is 47.4 Å². The molecule has 122 valence electrons. The minimum Gasteiger partial charge on any atom is -0.478 e. The summed E-state index contributed by atoms with van der Waals surface area (Å²) in [4.78, 5) is 11.5. The zero-order valence-corrected chi connectivity index (χ0v) is 13.4. The second kappa shape index (κ2) is 6.57. The molecule has 1 aromatic carbocycles. The van der Waals surface area contributed by atoms with E-state index in [1.165, 1.54) is 44.2 Å². The van der Waals surface area contributed by atoms with E-state index in [0.29, 0.717) is 11.5 Å². The molecule has 0 spiro atoms. The lowest BCUT2D eigenvalue weighted by Gasteiger charge is -2.24. The smallest absolute Gasteiger partial charge is 0.337 e. The van der Waals surface area contributed by atoms with Crippen LogP contribution < -0.4 is 0 Å². The Labute approximate surface area is 135 Å². The Kier molecular flexibility index (Phi) is 4.51. The Morgan fingerprint density at radius 3 is 2.65 bits per heavy atom. The van der Waals surface area contributed by atoms with E-state index in [2.05, 4.69) is 4.57 Å². The first kappa shape index (κ1) is 15.8. The standard InChI is InChI=1S/C19H22FNO2/c1-13-17(19(22)23)11-18(15-8-5-9-16(20)10-15)21(13)12-14-6-3-2-4-7-14/h5,8-11,14H,2-4,6-7,12H2,1H3,(H,22,23). The number of halogens is 1. The van der Waals surface area contributed by atoms with E-state index in [4.69, 9.17) is 0 Å². The summed E-state index contributed by atoms with van der Waals surface area (Å²) in [5, 5.41) is 9.42. The Hall–Kier alpha value is -2.10. The van der Waals surface area contributed by atoms with Crippen molar-refractivity contribution in [1.82, 2.24) is 4.57 Å². The van der Waals surface area contributed by atoms with E-state index in [1.54, 1.807) is 12.1 Å². The lowest BCUT2D eigenvalue weighted by Crippen LogP contribution is -2.16. The van der Waals surface area contributed by atoms with Gasteiger partial charge >= 0.3 is 5.97 Å². The Morgan fingerprint density at radius 1 is 1.26 bits per heavy atom. The van der Waals surface area contributed by atoms with Gasteiger partial charge in [-0.1, -0.05) is 31.4 Å². The molecule has 1 aliphatic rings. The minimum absolute atomic E-state index is 0.303. The van der Waals surface area contributed by atoms with Crippen LogP contribution in [0.4, 0.5) is 4.39 Å². The molecule has 0 bridgehead atoms. The van der Waals surface area contributed by atoms with Gasteiger partial charge in [-0.3, -0.25) is 0 Å². The first-order valence-corrected chi connectivity index (χ1v) is 8.25. The highest BCUT2D eigenvalue weighted by atomic mass is 19.1. The first-order chi connectivity index (χ1) is 11.1. The number of carbonyl (C=O) groups is 1. The molecule has 0 amide bonds. The van der Waals surface area contributed by atoms with Gasteiger partial charge in [0, 0.05) is 23.5 Å². The third kappa shape index (κ3) is 3.31. The van der Waals surface area contributed by atoms with Gasteiger partial charge in [-0.25, -0.2) is 9.18 Å². The van der Waals surface area contributed by atoms with Crippen LogP contribution in [0.15, 0.2) is 30.3 Å². The molecule has 1 N–H and O–H groups in total. The molecule has 3 rings (SSSR count). The van der Waals surface area contributed by atoms with Crippen LogP contribution in [0.2, 0.25) is 0 Å². The van der Waals surface area contributed by atoms with Crippen LogP contribution in [-0.2, 0) is 6.54 Å². The third-order valence-electron chi connectivity index (χ3n) is 4.88. The highest BCUT2D eigenvalue weighted by molar-refractivity contribution is 5.91. The van der Waals surface area contributed by atoms with Crippen molar-refractivity contribution < 1.29 is 14.3 Å². The maximum Gasteiger partial charge on any atom is 0.337 e. The molecule has 0 radical (unpaired) electrons. The fraction of sp³-hybridized carbons (Fsp3) is 0.421. The van der Waals surface area contributed by atoms with Gasteiger partial charge in [-0.05, 0) is 43.9 Å². The average molecular weight is 315 g/mol. The Morgan fingerprint density at radius 2 is 2.00 bits per heavy atom. The molecule has 1 saturated carbocycles. The molecular weight excluding hydrogens is 293 g/mol. The molecule has 0 unspecified atom stereocenters. The van der Waals surface area contributed by atoms with Gasteiger partial charge in [0.15, 0.2) is 0 Å². The summed E-state index contributed by atoms with van der Waals surface area (Å²) in [7, 11) is 0. The number of rotatable bonds is 4. The van der Waals surface area contributed by atoms with Crippen LogP contribution in [0.3, 0.4) is 0 Å². The van der Waals surface area contributed by atoms with Crippen LogP contribution in [0.25, 0.3) is 11.3 Å². The molecule has 1 heterocycles. The van der Waals surface area contributed by atoms with Gasteiger partial charge in [-0.2, -0.15) is 0 Å². The first-order valence-electron chi connectivity index (χ1n) is 8.25. The van der Waals surface area contributed by atoms with Crippen molar-refractivity contribution in [2.75, 3.05) is 0 Å². The van der Waals surface area contributed by atoms with E-state index in [0.717, 1.165) is 23.5 Å². The quantitative estimate of drug-likeness (QED) is 0.873. The predicted molar refractivity (Wildman–Crippen MR) is 88.1 cm³/mol. The summed E-state index contributed by atoms with van der Waals surface area (Å²) in [6.45, 7) is 2.65. The van der Waals surface area contributed by atoms with E-state index >= 15 is 0 Å². The molecule has 0 atom stereocenters. The van der Waals surface area contributed by atoms with Gasteiger partial charge in [-0.15, -0.1) is 0 Å². The van der Waals surface area contributed by atoms with Gasteiger partial charge in [0.05, 0.1) is 5.56 Å². The van der Waals surface area contributed by atoms with E-state index in [-0.39, 0.29) is 5.82 Å². The maximum absolute atomic E-state index is 13.6. The van der Waals surface area contributed by atoms with Crippen LogP contribution in [-0.4, -0.2) is 15.6 Å². The van der Waals surface area contributed by atoms with Crippen LogP contribution in [0, 0.1) is 18.7 Å². The lowest BCUT2D eigenvalue weighted by molar-refractivity contribution is 0.0696. The Bertz CT molecular complexity index is 714. The normalized spacial score (nSPS) is 15.7. The van der Waals surface area contributed by atoms with Crippen LogP contribution >= 0.6 is 0 Å². The molecule has 1 fully saturated rings. The van der Waals surface area contributed by atoms with Crippen LogP contribution in [0.1, 0.15) is 48.2 Å². The van der Waals surface area contributed by atoms with E-state index < -0.39 is 5.97 Å². The molecule has 0 saturated heterocycles. The van der Waals surface area contributed by atoms with Gasteiger partial charge in [0.2, 0.25) is 0 Å². The topological polar surface area (TPSA) is 42.2 Å². The second-order valence-corrected chi connectivity index (χ2v) is 6.46. The molecule has 1 aromatic heterocycles. The number of nitrogens with zero attached hydrogens (tertiary/aromatic N) is 1. The molecule has 3 nitrogen and oxygen atoms in total. The van der Waals surface area contributed by atoms with Crippen molar-refractivity contribution in [2.45, 2.75) is 45.6 Å². The Balaban J connectivity index is 2.02. The second-order valence-electron chi connectivity index (χ2n) is 6.46. The monoisotopic (exact) mass is 315 g/mol. The largest absolute Gasteiger partial charge is 0.478 e. The molecule has 23 heavy (non-hydrogen) atoms. The summed E-state index contributed by atoms with van der Waals surface area (Å²) < 4.78 is 15.6. The number of aromatic nitrogens is 1. The molecule has 4 heteroatoms. The number of hydrogen-bond donors (Lipinski definition) is 1. The minimum atomic E-state index is -0.928. The summed E-state index contributed by atoms with van der Waals surface area (Å²) >= 11 is 0. The number of carboxylic acids is 1. The zero-order valence-electron chi connectivity index (χ0n) is 13.4. The molecule has 1 aliphatic carbocycles. The number of hydrogen-bond acceptors (Lipinski definition) is 1. The predicted octanol–water partition coefficient (Wildman–Crippen LogP) is 4.88. The van der Waals surface area contributed by atoms with Crippen molar-refractivity contribution >= 4 is 5.97 Å². The van der Waals surface area contributed by atoms with Crippen LogP contribution in [0.5, 0.6) is 0 Å². The molecule has 2 aromatic rings. The molecule has 0 aliphatic heterocycles. The highest BCUT2D eigenvalue weighted by Crippen LogP contribution is 2.31. The molecular formula is C19H22FNO2. The average Bonchev–Trinajstić information content (AvgIpc) is 2.86. The van der Waals surface area contributed by atoms with Gasteiger partial charge < -0.3 is 9.67 Å². The SMILES string of the molecule is Cc1c(C(=O)O)cc(-c2cccc(F)c2)n1CC1CCCCC1. The van der Waals surface area contributed by atoms with E-state index in [1.807, 2.05) is 13.0 Å². The number of benzene rings is 1. The number of carboxylic acid groups (broad SMARTS) is 1. The van der Waals surface area contributed by atoms with Gasteiger partial charge in [0.25, 0.3) is 0 Å². The van der Waals surface area contributed by atoms with Crippen molar-refractivity contribution in [3.63, 3.8) is 0 Å². The summed E-state index contributed by atoms with van der Waals surface area (Å²) in [5.41, 5.74) is 2.59. The maximum atomic E-state index is 13.6. The number of aromatic carboxylic acids is 1. The van der Waals surface area contributed by atoms with Crippen molar-refractivity contribution in [1.29, 1.82) is 0 Å².